The minimum atomic E-state index is -1.22. The summed E-state index contributed by atoms with van der Waals surface area (Å²) in [5, 5.41) is 9.99. The van der Waals surface area contributed by atoms with Crippen LogP contribution in [0.2, 0.25) is 0 Å². The van der Waals surface area contributed by atoms with Crippen LogP contribution in [0.15, 0.2) is 60.7 Å². The number of esters is 2. The number of benzene rings is 3. The molecule has 0 radical (unpaired) electrons. The van der Waals surface area contributed by atoms with Gasteiger partial charge in [-0.3, -0.25) is 4.79 Å². The number of hydrogen-bond acceptors (Lipinski definition) is 6. The molecule has 1 spiro atoms. The van der Waals surface area contributed by atoms with Crippen molar-refractivity contribution in [1.29, 1.82) is 0 Å². The van der Waals surface area contributed by atoms with Crippen LogP contribution in [-0.4, -0.2) is 17.0 Å². The topological polar surface area (TPSA) is 82.1 Å². The van der Waals surface area contributed by atoms with Crippen molar-refractivity contribution < 1.29 is 28.9 Å². The Morgan fingerprint density at radius 2 is 1.67 bits per heavy atom. The number of phenolic OH excluding ortho intramolecular Hbond substituents is 1. The van der Waals surface area contributed by atoms with E-state index >= 15 is 0 Å². The zero-order chi connectivity index (χ0) is 21.0. The molecule has 6 nitrogen and oxygen atoms in total. The highest BCUT2D eigenvalue weighted by atomic mass is 16.6. The molecule has 0 bridgehead atoms. The van der Waals surface area contributed by atoms with Crippen LogP contribution < -0.4 is 9.47 Å². The first-order chi connectivity index (χ1) is 14.4. The maximum atomic E-state index is 12.7. The molecule has 1 N–H and O–H groups in total. The van der Waals surface area contributed by atoms with Crippen molar-refractivity contribution in [3.63, 3.8) is 0 Å². The SMILES string of the molecule is CC(C)C(=O)Oc1ccc2c(c1)Oc1cc(O)ccc1C21OC(=O)c2ccccc21. The molecule has 150 valence electrons. The van der Waals surface area contributed by atoms with Gasteiger partial charge >= 0.3 is 11.9 Å². The van der Waals surface area contributed by atoms with Gasteiger partial charge in [0.05, 0.1) is 11.5 Å². The van der Waals surface area contributed by atoms with Gasteiger partial charge in [0.2, 0.25) is 0 Å². The largest absolute Gasteiger partial charge is 0.508 e. The summed E-state index contributed by atoms with van der Waals surface area (Å²) in [6.45, 7) is 3.50. The fraction of sp³-hybridized carbons (Fsp3) is 0.167. The summed E-state index contributed by atoms with van der Waals surface area (Å²) >= 11 is 0. The van der Waals surface area contributed by atoms with Gasteiger partial charge < -0.3 is 19.3 Å². The van der Waals surface area contributed by atoms with Gasteiger partial charge in [-0.2, -0.15) is 0 Å². The second-order valence-electron chi connectivity index (χ2n) is 7.63. The molecular formula is C24H18O6. The van der Waals surface area contributed by atoms with E-state index in [1.165, 1.54) is 12.1 Å². The molecule has 0 amide bonds. The number of carbonyl (C=O) groups excluding carboxylic acids is 2. The van der Waals surface area contributed by atoms with Crippen LogP contribution in [0.25, 0.3) is 0 Å². The minimum absolute atomic E-state index is 0.0207. The standard InChI is InChI=1S/C24H18O6/c1-13(2)22(26)28-15-8-10-19-21(12-15)29-20-11-14(25)7-9-18(20)24(19)17-6-4-3-5-16(17)23(27)30-24/h3-13,25H,1-2H3. The monoisotopic (exact) mass is 402 g/mol. The van der Waals surface area contributed by atoms with E-state index in [0.29, 0.717) is 39.5 Å². The molecular weight excluding hydrogens is 384 g/mol. The molecule has 30 heavy (non-hydrogen) atoms. The zero-order valence-corrected chi connectivity index (χ0v) is 16.3. The summed E-state index contributed by atoms with van der Waals surface area (Å²) in [4.78, 5) is 24.7. The molecule has 3 aromatic carbocycles. The lowest BCUT2D eigenvalue weighted by molar-refractivity contribution is -0.137. The van der Waals surface area contributed by atoms with Crippen molar-refractivity contribution >= 4 is 11.9 Å². The molecule has 0 saturated heterocycles. The van der Waals surface area contributed by atoms with Gasteiger partial charge in [0, 0.05) is 28.8 Å². The first-order valence-electron chi connectivity index (χ1n) is 9.60. The Morgan fingerprint density at radius 1 is 0.967 bits per heavy atom. The first-order valence-corrected chi connectivity index (χ1v) is 9.60. The van der Waals surface area contributed by atoms with E-state index in [0.717, 1.165) is 0 Å². The quantitative estimate of drug-likeness (QED) is 0.501. The third-order valence-corrected chi connectivity index (χ3v) is 5.36. The van der Waals surface area contributed by atoms with E-state index in [9.17, 15) is 14.7 Å². The summed E-state index contributed by atoms with van der Waals surface area (Å²) in [5.41, 5.74) is 1.17. The molecule has 1 unspecified atom stereocenters. The van der Waals surface area contributed by atoms with E-state index in [1.807, 2.05) is 12.1 Å². The molecule has 1 atom stereocenters. The minimum Gasteiger partial charge on any atom is -0.508 e. The van der Waals surface area contributed by atoms with Crippen LogP contribution >= 0.6 is 0 Å². The Labute approximate surface area is 172 Å². The lowest BCUT2D eigenvalue weighted by Gasteiger charge is -2.36. The lowest BCUT2D eigenvalue weighted by Crippen LogP contribution is -2.33. The van der Waals surface area contributed by atoms with Crippen molar-refractivity contribution in [3.05, 3.63) is 82.9 Å². The number of hydrogen-bond donors (Lipinski definition) is 1. The summed E-state index contributed by atoms with van der Waals surface area (Å²) in [7, 11) is 0. The fourth-order valence-corrected chi connectivity index (χ4v) is 3.94. The Morgan fingerprint density at radius 3 is 2.43 bits per heavy atom. The van der Waals surface area contributed by atoms with Crippen molar-refractivity contribution in [2.75, 3.05) is 0 Å². The molecule has 2 aliphatic heterocycles. The highest BCUT2D eigenvalue weighted by Crippen LogP contribution is 2.56. The molecule has 2 heterocycles. The number of rotatable bonds is 2. The number of fused-ring (bicyclic) bond motifs is 6. The highest BCUT2D eigenvalue weighted by Gasteiger charge is 2.53. The highest BCUT2D eigenvalue weighted by molar-refractivity contribution is 5.97. The molecule has 2 aliphatic rings. The van der Waals surface area contributed by atoms with Gasteiger partial charge in [0.15, 0.2) is 5.60 Å². The van der Waals surface area contributed by atoms with Crippen LogP contribution in [0, 0.1) is 5.92 Å². The van der Waals surface area contributed by atoms with Crippen molar-refractivity contribution in [3.8, 4) is 23.0 Å². The first kappa shape index (κ1) is 18.2. The number of ether oxygens (including phenoxy) is 3. The van der Waals surface area contributed by atoms with Crippen molar-refractivity contribution in [1.82, 2.24) is 0 Å². The molecule has 0 fully saturated rings. The van der Waals surface area contributed by atoms with Gasteiger partial charge in [-0.15, -0.1) is 0 Å². The summed E-state index contributed by atoms with van der Waals surface area (Å²) < 4.78 is 17.5. The molecule has 3 aromatic rings. The van der Waals surface area contributed by atoms with Crippen molar-refractivity contribution in [2.45, 2.75) is 19.4 Å². The summed E-state index contributed by atoms with van der Waals surface area (Å²) in [6.07, 6.45) is 0. The van der Waals surface area contributed by atoms with E-state index < -0.39 is 11.6 Å². The number of carbonyl (C=O) groups is 2. The van der Waals surface area contributed by atoms with E-state index in [-0.39, 0.29) is 17.6 Å². The third-order valence-electron chi connectivity index (χ3n) is 5.36. The van der Waals surface area contributed by atoms with Crippen molar-refractivity contribution in [2.24, 2.45) is 5.92 Å². The van der Waals surface area contributed by atoms with Gasteiger partial charge in [0.25, 0.3) is 0 Å². The summed E-state index contributed by atoms with van der Waals surface area (Å²) in [6, 6.07) is 16.9. The maximum absolute atomic E-state index is 12.7. The lowest BCUT2D eigenvalue weighted by atomic mass is 9.77. The average molecular weight is 402 g/mol. The van der Waals surface area contributed by atoms with E-state index in [1.54, 1.807) is 50.2 Å². The van der Waals surface area contributed by atoms with Crippen LogP contribution in [0.5, 0.6) is 23.0 Å². The molecule has 6 heteroatoms. The predicted molar refractivity (Wildman–Crippen MR) is 107 cm³/mol. The number of aromatic hydroxyl groups is 1. The predicted octanol–water partition coefficient (Wildman–Crippen LogP) is 4.52. The maximum Gasteiger partial charge on any atom is 0.340 e. The van der Waals surface area contributed by atoms with Gasteiger partial charge in [-0.1, -0.05) is 32.0 Å². The Balaban J connectivity index is 1.74. The smallest absolute Gasteiger partial charge is 0.340 e. The Hall–Kier alpha value is -3.80. The number of phenols is 1. The Bertz CT molecular complexity index is 1210. The molecule has 0 aromatic heterocycles. The van der Waals surface area contributed by atoms with Crippen LogP contribution in [0.3, 0.4) is 0 Å². The van der Waals surface area contributed by atoms with Crippen LogP contribution in [0.4, 0.5) is 0 Å². The normalized spacial score (nSPS) is 18.3. The average Bonchev–Trinajstić information content (AvgIpc) is 3.01. The fourth-order valence-electron chi connectivity index (χ4n) is 3.94. The molecule has 0 saturated carbocycles. The zero-order valence-electron chi connectivity index (χ0n) is 16.3. The molecule has 5 rings (SSSR count). The van der Waals surface area contributed by atoms with E-state index in [4.69, 9.17) is 14.2 Å². The van der Waals surface area contributed by atoms with Gasteiger partial charge in [-0.25, -0.2) is 4.79 Å². The van der Waals surface area contributed by atoms with Gasteiger partial charge in [0.1, 0.15) is 23.0 Å². The second kappa shape index (κ2) is 6.35. The third kappa shape index (κ3) is 2.50. The van der Waals surface area contributed by atoms with Crippen LogP contribution in [-0.2, 0) is 15.1 Å². The van der Waals surface area contributed by atoms with E-state index in [2.05, 4.69) is 0 Å². The second-order valence-corrected chi connectivity index (χ2v) is 7.63. The summed E-state index contributed by atoms with van der Waals surface area (Å²) in [5.74, 6) is -0.000247. The molecule has 0 aliphatic carbocycles. The Kier molecular flexibility index (Phi) is 3.86. The van der Waals surface area contributed by atoms with Crippen LogP contribution in [0.1, 0.15) is 40.9 Å². The van der Waals surface area contributed by atoms with Gasteiger partial charge in [-0.05, 0) is 30.3 Å².